The topological polar surface area (TPSA) is 110 Å². The summed E-state index contributed by atoms with van der Waals surface area (Å²) >= 11 is 0. The Morgan fingerprint density at radius 1 is 1.42 bits per heavy atom. The fourth-order valence-electron chi connectivity index (χ4n) is 2.78. The molecule has 0 aromatic carbocycles. The van der Waals surface area contributed by atoms with E-state index in [4.69, 9.17) is 0 Å². The number of aromatic nitrogens is 3. The summed E-state index contributed by atoms with van der Waals surface area (Å²) < 4.78 is 33.3. The third-order valence-electron chi connectivity index (χ3n) is 3.86. The predicted molar refractivity (Wildman–Crippen MR) is 85.5 cm³/mol. The summed E-state index contributed by atoms with van der Waals surface area (Å²) in [7, 11) is -3.69. The van der Waals surface area contributed by atoms with E-state index in [0.717, 1.165) is 0 Å². The van der Waals surface area contributed by atoms with E-state index in [1.165, 1.54) is 12.3 Å². The zero-order chi connectivity index (χ0) is 17.2. The van der Waals surface area contributed by atoms with E-state index in [-0.39, 0.29) is 11.7 Å². The number of aryl methyl sites for hydroxylation is 1. The van der Waals surface area contributed by atoms with Crippen LogP contribution in [0.3, 0.4) is 0 Å². The van der Waals surface area contributed by atoms with E-state index in [0.29, 0.717) is 37.4 Å². The van der Waals surface area contributed by atoms with Gasteiger partial charge in [-0.05, 0) is 19.8 Å². The Morgan fingerprint density at radius 3 is 2.96 bits per heavy atom. The zero-order valence-corrected chi connectivity index (χ0v) is 14.1. The molecular formula is C14H19N5O4S. The number of sulfonamides is 1. The normalized spacial score (nSPS) is 19.0. The standard InChI is InChI=1S/C14H19N5O4S/c1-2-19-13(5-7-15-19)18-8-3-4-12(14(18)20)17-24(21,22)10-11-6-9-23-16-11/h5-7,9,12,17H,2-4,8,10H2,1H3/t12-/m0/s1. The van der Waals surface area contributed by atoms with Crippen LogP contribution in [0.1, 0.15) is 25.5 Å². The first-order valence-corrected chi connectivity index (χ1v) is 9.38. The lowest BCUT2D eigenvalue weighted by molar-refractivity contribution is -0.121. The van der Waals surface area contributed by atoms with Crippen LogP contribution < -0.4 is 9.62 Å². The molecule has 1 saturated heterocycles. The summed E-state index contributed by atoms with van der Waals surface area (Å²) in [6.07, 6.45) is 4.11. The smallest absolute Gasteiger partial charge is 0.246 e. The number of rotatable bonds is 6. The van der Waals surface area contributed by atoms with Crippen LogP contribution in [0.25, 0.3) is 0 Å². The quantitative estimate of drug-likeness (QED) is 0.810. The van der Waals surface area contributed by atoms with Gasteiger partial charge in [-0.3, -0.25) is 9.69 Å². The van der Waals surface area contributed by atoms with E-state index in [2.05, 4.69) is 19.5 Å². The van der Waals surface area contributed by atoms with Gasteiger partial charge in [0.15, 0.2) is 0 Å². The molecule has 0 spiro atoms. The van der Waals surface area contributed by atoms with Crippen LogP contribution in [0, 0.1) is 0 Å². The summed E-state index contributed by atoms with van der Waals surface area (Å²) in [6.45, 7) is 3.11. The Labute approximate surface area is 139 Å². The molecule has 0 radical (unpaired) electrons. The van der Waals surface area contributed by atoms with Gasteiger partial charge < -0.3 is 4.52 Å². The largest absolute Gasteiger partial charge is 0.364 e. The van der Waals surface area contributed by atoms with Crippen molar-refractivity contribution in [1.29, 1.82) is 0 Å². The molecule has 1 N–H and O–H groups in total. The second-order valence-corrected chi connectivity index (χ2v) is 7.31. The first-order chi connectivity index (χ1) is 11.5. The Kier molecular flexibility index (Phi) is 4.67. The summed E-state index contributed by atoms with van der Waals surface area (Å²) in [4.78, 5) is 14.3. The Hall–Kier alpha value is -2.20. The summed E-state index contributed by atoms with van der Waals surface area (Å²) in [6, 6.07) is 2.46. The van der Waals surface area contributed by atoms with Crippen molar-refractivity contribution in [3.8, 4) is 0 Å². The van der Waals surface area contributed by atoms with Crippen LogP contribution in [0.4, 0.5) is 5.82 Å². The third kappa shape index (κ3) is 3.49. The second kappa shape index (κ2) is 6.73. The number of amides is 1. The van der Waals surface area contributed by atoms with Crippen molar-refractivity contribution in [2.75, 3.05) is 11.4 Å². The molecule has 1 atom stereocenters. The van der Waals surface area contributed by atoms with Gasteiger partial charge in [-0.1, -0.05) is 5.16 Å². The molecule has 130 valence electrons. The minimum Gasteiger partial charge on any atom is -0.364 e. The van der Waals surface area contributed by atoms with E-state index in [1.807, 2.05) is 6.92 Å². The average molecular weight is 353 g/mol. The molecule has 10 heteroatoms. The molecule has 0 bridgehead atoms. The Morgan fingerprint density at radius 2 is 2.25 bits per heavy atom. The van der Waals surface area contributed by atoms with Gasteiger partial charge in [0.2, 0.25) is 15.9 Å². The number of piperidine rings is 1. The zero-order valence-electron chi connectivity index (χ0n) is 13.3. The maximum Gasteiger partial charge on any atom is 0.246 e. The number of anilines is 1. The molecule has 1 aliphatic rings. The summed E-state index contributed by atoms with van der Waals surface area (Å²) in [5.41, 5.74) is 0.298. The van der Waals surface area contributed by atoms with Gasteiger partial charge in [-0.25, -0.2) is 17.8 Å². The fourth-order valence-corrected chi connectivity index (χ4v) is 4.05. The molecule has 1 fully saturated rings. The molecule has 0 saturated carbocycles. The minimum atomic E-state index is -3.69. The molecule has 0 aliphatic carbocycles. The molecule has 9 nitrogen and oxygen atoms in total. The SMILES string of the molecule is CCn1nccc1N1CCC[C@H](NS(=O)(=O)Cc2ccon2)C1=O. The number of hydrogen-bond acceptors (Lipinski definition) is 6. The van der Waals surface area contributed by atoms with Crippen LogP contribution in [0.2, 0.25) is 0 Å². The minimum absolute atomic E-state index is 0.264. The van der Waals surface area contributed by atoms with E-state index in [1.54, 1.807) is 21.8 Å². The lowest BCUT2D eigenvalue weighted by Gasteiger charge is -2.32. The number of carbonyl (C=O) groups is 1. The van der Waals surface area contributed by atoms with Crippen molar-refractivity contribution in [3.05, 3.63) is 30.3 Å². The maximum absolute atomic E-state index is 12.7. The van der Waals surface area contributed by atoms with Crippen LogP contribution in [-0.4, -0.2) is 41.8 Å². The van der Waals surface area contributed by atoms with Gasteiger partial charge in [0.25, 0.3) is 0 Å². The number of nitrogens with zero attached hydrogens (tertiary/aromatic N) is 4. The molecule has 3 rings (SSSR count). The highest BCUT2D eigenvalue weighted by Gasteiger charge is 2.34. The first-order valence-electron chi connectivity index (χ1n) is 7.72. The molecule has 1 aliphatic heterocycles. The van der Waals surface area contributed by atoms with E-state index in [9.17, 15) is 13.2 Å². The van der Waals surface area contributed by atoms with E-state index < -0.39 is 16.1 Å². The molecular weight excluding hydrogens is 334 g/mol. The van der Waals surface area contributed by atoms with Crippen molar-refractivity contribution < 1.29 is 17.7 Å². The molecule has 2 aromatic rings. The maximum atomic E-state index is 12.7. The predicted octanol–water partition coefficient (Wildman–Crippen LogP) is 0.506. The van der Waals surface area contributed by atoms with Crippen LogP contribution in [0.5, 0.6) is 0 Å². The highest BCUT2D eigenvalue weighted by atomic mass is 32.2. The Balaban J connectivity index is 1.73. The summed E-state index contributed by atoms with van der Waals surface area (Å²) in [5, 5.41) is 7.75. The molecule has 2 aromatic heterocycles. The van der Waals surface area contributed by atoms with Gasteiger partial charge in [0.05, 0.1) is 11.9 Å². The molecule has 24 heavy (non-hydrogen) atoms. The highest BCUT2D eigenvalue weighted by molar-refractivity contribution is 7.88. The number of carbonyl (C=O) groups excluding carboxylic acids is 1. The van der Waals surface area contributed by atoms with Crippen molar-refractivity contribution in [3.63, 3.8) is 0 Å². The lowest BCUT2D eigenvalue weighted by atomic mass is 10.1. The first kappa shape index (κ1) is 16.7. The van der Waals surface area contributed by atoms with Gasteiger partial charge in [0.1, 0.15) is 23.9 Å². The van der Waals surface area contributed by atoms with E-state index >= 15 is 0 Å². The number of hydrogen-bond donors (Lipinski definition) is 1. The van der Waals surface area contributed by atoms with Crippen molar-refractivity contribution >= 4 is 21.7 Å². The van der Waals surface area contributed by atoms with Gasteiger partial charge in [-0.15, -0.1) is 0 Å². The van der Waals surface area contributed by atoms with Gasteiger partial charge >= 0.3 is 0 Å². The van der Waals surface area contributed by atoms with Crippen molar-refractivity contribution in [2.24, 2.45) is 0 Å². The third-order valence-corrected chi connectivity index (χ3v) is 5.18. The number of nitrogens with one attached hydrogen (secondary N) is 1. The van der Waals surface area contributed by atoms with Crippen LogP contribution >= 0.6 is 0 Å². The molecule has 1 amide bonds. The lowest BCUT2D eigenvalue weighted by Crippen LogP contribution is -2.53. The van der Waals surface area contributed by atoms with Crippen molar-refractivity contribution in [1.82, 2.24) is 19.7 Å². The van der Waals surface area contributed by atoms with Gasteiger partial charge in [-0.2, -0.15) is 5.10 Å². The highest BCUT2D eigenvalue weighted by Crippen LogP contribution is 2.21. The van der Waals surface area contributed by atoms with Crippen LogP contribution in [-0.2, 0) is 27.1 Å². The average Bonchev–Trinajstić information content (AvgIpc) is 3.19. The molecule has 0 unspecified atom stereocenters. The monoisotopic (exact) mass is 353 g/mol. The summed E-state index contributed by atoms with van der Waals surface area (Å²) in [5.74, 6) is 0.100. The van der Waals surface area contributed by atoms with Crippen LogP contribution in [0.15, 0.2) is 29.1 Å². The fraction of sp³-hybridized carbons (Fsp3) is 0.500. The van der Waals surface area contributed by atoms with Gasteiger partial charge in [0, 0.05) is 25.2 Å². The van der Waals surface area contributed by atoms with Crippen molar-refractivity contribution in [2.45, 2.75) is 38.1 Å². The molecule has 3 heterocycles. The Bertz CT molecular complexity index is 799. The second-order valence-electron chi connectivity index (χ2n) is 5.56.